The predicted molar refractivity (Wildman–Crippen MR) is 82.8 cm³/mol. The van der Waals surface area contributed by atoms with Gasteiger partial charge in [0.05, 0.1) is 0 Å². The number of fused-ring (bicyclic) bond motifs is 3. The molecule has 0 atom stereocenters. The van der Waals surface area contributed by atoms with E-state index < -0.39 is 0 Å². The van der Waals surface area contributed by atoms with Gasteiger partial charge >= 0.3 is 0 Å². The molecule has 0 aliphatic carbocycles. The first-order chi connectivity index (χ1) is 9.93. The van der Waals surface area contributed by atoms with Crippen molar-refractivity contribution in [2.45, 2.75) is 12.8 Å². The lowest BCUT2D eigenvalue weighted by Crippen LogP contribution is -2.16. The Balaban J connectivity index is 2.00. The minimum absolute atomic E-state index is 1.06. The molecule has 1 aliphatic heterocycles. The maximum absolute atomic E-state index is 3.62. The second kappa shape index (κ2) is 4.80. The number of hydrogen-bond acceptors (Lipinski definition) is 1. The van der Waals surface area contributed by atoms with Gasteiger partial charge in [-0.2, -0.15) is 0 Å². The summed E-state index contributed by atoms with van der Waals surface area (Å²) < 4.78 is 0. The number of nitrogens with one attached hydrogen (secondary N) is 2. The fourth-order valence-corrected chi connectivity index (χ4v) is 3.22. The van der Waals surface area contributed by atoms with E-state index in [-0.39, 0.29) is 0 Å². The van der Waals surface area contributed by atoms with Crippen LogP contribution in [0.2, 0.25) is 0 Å². The Kier molecular flexibility index (Phi) is 2.82. The summed E-state index contributed by atoms with van der Waals surface area (Å²) in [6, 6.07) is 17.9. The van der Waals surface area contributed by atoms with Gasteiger partial charge in [0.1, 0.15) is 0 Å². The van der Waals surface area contributed by atoms with E-state index >= 15 is 0 Å². The largest absolute Gasteiger partial charge is 0.358 e. The van der Waals surface area contributed by atoms with Gasteiger partial charge in [0.25, 0.3) is 0 Å². The molecule has 1 radical (unpaired) electrons. The van der Waals surface area contributed by atoms with Crippen LogP contribution < -0.4 is 5.32 Å². The van der Waals surface area contributed by atoms with Crippen molar-refractivity contribution in [3.8, 4) is 11.1 Å². The van der Waals surface area contributed by atoms with E-state index in [1.807, 2.05) is 12.1 Å². The molecule has 1 aliphatic rings. The average Bonchev–Trinajstić information content (AvgIpc) is 2.70. The number of aromatic nitrogens is 1. The van der Waals surface area contributed by atoms with Crippen molar-refractivity contribution in [3.05, 3.63) is 59.8 Å². The molecular formula is C18H17N2. The maximum Gasteiger partial charge on any atom is 0.0465 e. The highest BCUT2D eigenvalue weighted by atomic mass is 14.9. The first kappa shape index (κ1) is 11.7. The first-order valence-electron chi connectivity index (χ1n) is 7.23. The highest BCUT2D eigenvalue weighted by Gasteiger charge is 2.16. The van der Waals surface area contributed by atoms with Gasteiger partial charge in [-0.1, -0.05) is 36.4 Å². The molecule has 0 amide bonds. The molecule has 0 saturated heterocycles. The van der Waals surface area contributed by atoms with Crippen molar-refractivity contribution < 1.29 is 0 Å². The third kappa shape index (κ3) is 1.84. The van der Waals surface area contributed by atoms with Gasteiger partial charge in [0, 0.05) is 29.6 Å². The summed E-state index contributed by atoms with van der Waals surface area (Å²) in [5.41, 5.74) is 6.76. The molecule has 0 saturated carbocycles. The summed E-state index contributed by atoms with van der Waals surface area (Å²) in [7, 11) is 0. The lowest BCUT2D eigenvalue weighted by molar-refractivity contribution is 0.708. The third-order valence-electron chi connectivity index (χ3n) is 4.15. The molecular weight excluding hydrogens is 244 g/mol. The van der Waals surface area contributed by atoms with Gasteiger partial charge in [0.2, 0.25) is 0 Å². The highest BCUT2D eigenvalue weighted by Crippen LogP contribution is 2.33. The standard InChI is InChI=1S/C18H17N2/c1-2-5-13(6-3-1)14-7-4-8-17-18(14)15-9-11-19-12-10-16(15)20-17/h2-8,19-20H,9-12H2. The van der Waals surface area contributed by atoms with E-state index in [2.05, 4.69) is 46.7 Å². The van der Waals surface area contributed by atoms with E-state index in [1.54, 1.807) is 0 Å². The molecule has 99 valence electrons. The summed E-state index contributed by atoms with van der Waals surface area (Å²) in [5.74, 6) is 0. The van der Waals surface area contributed by atoms with Crippen LogP contribution in [0.1, 0.15) is 11.3 Å². The average molecular weight is 261 g/mol. The Morgan fingerprint density at radius 3 is 2.70 bits per heavy atom. The molecule has 20 heavy (non-hydrogen) atoms. The van der Waals surface area contributed by atoms with E-state index in [0.29, 0.717) is 0 Å². The molecule has 2 aromatic carbocycles. The van der Waals surface area contributed by atoms with Crippen LogP contribution in [0.5, 0.6) is 0 Å². The summed E-state index contributed by atoms with van der Waals surface area (Å²) in [6.45, 7) is 2.13. The minimum Gasteiger partial charge on any atom is -0.358 e. The molecule has 4 rings (SSSR count). The van der Waals surface area contributed by atoms with Crippen LogP contribution in [0.25, 0.3) is 22.0 Å². The Hall–Kier alpha value is -2.06. The van der Waals surface area contributed by atoms with Crippen molar-refractivity contribution in [2.75, 3.05) is 13.1 Å². The van der Waals surface area contributed by atoms with Crippen LogP contribution in [-0.4, -0.2) is 18.1 Å². The highest BCUT2D eigenvalue weighted by molar-refractivity contribution is 5.98. The molecule has 0 unspecified atom stereocenters. The molecule has 0 spiro atoms. The molecule has 3 aromatic rings. The van der Waals surface area contributed by atoms with Gasteiger partial charge in [-0.05, 0) is 41.8 Å². The number of aromatic amines is 1. The Labute approximate surface area is 118 Å². The van der Waals surface area contributed by atoms with Crippen LogP contribution in [0, 0.1) is 6.07 Å². The third-order valence-corrected chi connectivity index (χ3v) is 4.15. The Bertz CT molecular complexity index is 741. The van der Waals surface area contributed by atoms with Crippen molar-refractivity contribution in [2.24, 2.45) is 0 Å². The molecule has 2 N–H and O–H groups in total. The molecule has 2 heterocycles. The summed E-state index contributed by atoms with van der Waals surface area (Å²) in [4.78, 5) is 3.62. The maximum atomic E-state index is 3.62. The van der Waals surface area contributed by atoms with Gasteiger partial charge in [0.15, 0.2) is 0 Å². The van der Waals surface area contributed by atoms with E-state index in [4.69, 9.17) is 0 Å². The molecule has 2 nitrogen and oxygen atoms in total. The zero-order chi connectivity index (χ0) is 13.4. The number of rotatable bonds is 1. The lowest BCUT2D eigenvalue weighted by atomic mass is 9.97. The predicted octanol–water partition coefficient (Wildman–Crippen LogP) is 3.32. The summed E-state index contributed by atoms with van der Waals surface area (Å²) in [6.07, 6.45) is 2.19. The van der Waals surface area contributed by atoms with Crippen molar-refractivity contribution in [1.82, 2.24) is 10.3 Å². The van der Waals surface area contributed by atoms with Crippen LogP contribution in [0.3, 0.4) is 0 Å². The second-order valence-electron chi connectivity index (χ2n) is 5.35. The zero-order valence-corrected chi connectivity index (χ0v) is 11.4. The van der Waals surface area contributed by atoms with Crippen molar-refractivity contribution in [3.63, 3.8) is 0 Å². The number of hydrogen-bond donors (Lipinski definition) is 2. The van der Waals surface area contributed by atoms with Crippen LogP contribution in [0.4, 0.5) is 0 Å². The minimum atomic E-state index is 1.06. The summed E-state index contributed by atoms with van der Waals surface area (Å²) in [5, 5.41) is 4.88. The smallest absolute Gasteiger partial charge is 0.0465 e. The van der Waals surface area contributed by atoms with Crippen LogP contribution >= 0.6 is 0 Å². The summed E-state index contributed by atoms with van der Waals surface area (Å²) >= 11 is 0. The lowest BCUT2D eigenvalue weighted by Gasteiger charge is -2.06. The molecule has 0 bridgehead atoms. The van der Waals surface area contributed by atoms with E-state index in [1.165, 1.54) is 33.3 Å². The van der Waals surface area contributed by atoms with Gasteiger partial charge in [-0.15, -0.1) is 0 Å². The zero-order valence-electron chi connectivity index (χ0n) is 11.4. The van der Waals surface area contributed by atoms with Crippen molar-refractivity contribution in [1.29, 1.82) is 0 Å². The fraction of sp³-hybridized carbons (Fsp3) is 0.222. The van der Waals surface area contributed by atoms with Crippen molar-refractivity contribution >= 4 is 10.9 Å². The van der Waals surface area contributed by atoms with Crippen LogP contribution in [0.15, 0.2) is 42.5 Å². The number of benzene rings is 2. The van der Waals surface area contributed by atoms with Gasteiger partial charge in [-0.3, -0.25) is 0 Å². The monoisotopic (exact) mass is 261 g/mol. The SMILES string of the molecule is [c]1ccc(-c2cccc3[nH]c4c(c23)CCNCC4)cc1. The Morgan fingerprint density at radius 1 is 0.950 bits per heavy atom. The number of H-pyrrole nitrogens is 1. The fourth-order valence-electron chi connectivity index (χ4n) is 3.22. The molecule has 0 fully saturated rings. The van der Waals surface area contributed by atoms with Gasteiger partial charge < -0.3 is 10.3 Å². The molecule has 2 heteroatoms. The first-order valence-corrected chi connectivity index (χ1v) is 7.23. The quantitative estimate of drug-likeness (QED) is 0.691. The second-order valence-corrected chi connectivity index (χ2v) is 5.35. The van der Waals surface area contributed by atoms with Gasteiger partial charge in [-0.25, -0.2) is 0 Å². The molecule has 1 aromatic heterocycles. The Morgan fingerprint density at radius 2 is 1.80 bits per heavy atom. The van der Waals surface area contributed by atoms with E-state index in [0.717, 1.165) is 25.9 Å². The normalized spacial score (nSPS) is 15.0. The van der Waals surface area contributed by atoms with E-state index in [9.17, 15) is 0 Å². The van der Waals surface area contributed by atoms with Crippen LogP contribution in [-0.2, 0) is 12.8 Å². The topological polar surface area (TPSA) is 27.8 Å².